The highest BCUT2D eigenvalue weighted by Crippen LogP contribution is 2.15. The number of nitrogens with one attached hydrogen (secondary N) is 1. The molecule has 0 aliphatic rings. The Hall–Kier alpha value is -2.43. The Bertz CT molecular complexity index is 575. The maximum Gasteiger partial charge on any atom is 0.223 e. The minimum atomic E-state index is -0.423. The van der Waals surface area contributed by atoms with E-state index in [-0.39, 0.29) is 24.7 Å². The standard InChI is InChI=1S/C16H17FN2O2/c17-14-6-1-2-7-15(14)21-12-9-16(20)19-11-8-13-5-3-4-10-18-13/h1-7,10H,8-9,11-12H2,(H,19,20). The number of aromatic nitrogens is 1. The van der Waals surface area contributed by atoms with Crippen molar-refractivity contribution in [3.05, 3.63) is 60.2 Å². The van der Waals surface area contributed by atoms with Crippen LogP contribution < -0.4 is 10.1 Å². The lowest BCUT2D eigenvalue weighted by Gasteiger charge is -2.07. The van der Waals surface area contributed by atoms with E-state index < -0.39 is 5.82 Å². The van der Waals surface area contributed by atoms with E-state index in [2.05, 4.69) is 10.3 Å². The lowest BCUT2D eigenvalue weighted by Crippen LogP contribution is -2.27. The van der Waals surface area contributed by atoms with Gasteiger partial charge in [0.2, 0.25) is 5.91 Å². The molecule has 0 atom stereocenters. The molecule has 2 rings (SSSR count). The normalized spacial score (nSPS) is 10.1. The van der Waals surface area contributed by atoms with Gasteiger partial charge in [0.1, 0.15) is 0 Å². The first-order chi connectivity index (χ1) is 10.3. The maximum absolute atomic E-state index is 13.3. The van der Waals surface area contributed by atoms with Crippen LogP contribution in [0.5, 0.6) is 5.75 Å². The van der Waals surface area contributed by atoms with Crippen LogP contribution in [0.4, 0.5) is 4.39 Å². The van der Waals surface area contributed by atoms with Gasteiger partial charge in [0.25, 0.3) is 0 Å². The Morgan fingerprint density at radius 1 is 1.19 bits per heavy atom. The molecule has 0 spiro atoms. The van der Waals surface area contributed by atoms with Crippen molar-refractivity contribution in [1.82, 2.24) is 10.3 Å². The molecule has 110 valence electrons. The van der Waals surface area contributed by atoms with E-state index in [1.165, 1.54) is 12.1 Å². The first kappa shape index (κ1) is 15.0. The lowest BCUT2D eigenvalue weighted by molar-refractivity contribution is -0.121. The van der Waals surface area contributed by atoms with E-state index in [1.54, 1.807) is 18.3 Å². The van der Waals surface area contributed by atoms with Crippen molar-refractivity contribution in [2.75, 3.05) is 13.2 Å². The molecule has 0 aliphatic heterocycles. The first-order valence-corrected chi connectivity index (χ1v) is 6.79. The molecule has 0 fully saturated rings. The predicted octanol–water partition coefficient (Wildman–Crippen LogP) is 2.35. The highest BCUT2D eigenvalue weighted by atomic mass is 19.1. The quantitative estimate of drug-likeness (QED) is 0.851. The van der Waals surface area contributed by atoms with Gasteiger partial charge in [-0.2, -0.15) is 0 Å². The maximum atomic E-state index is 13.3. The Morgan fingerprint density at radius 2 is 2.00 bits per heavy atom. The molecular weight excluding hydrogens is 271 g/mol. The van der Waals surface area contributed by atoms with Gasteiger partial charge in [0.05, 0.1) is 13.0 Å². The summed E-state index contributed by atoms with van der Waals surface area (Å²) < 4.78 is 18.5. The summed E-state index contributed by atoms with van der Waals surface area (Å²) in [6, 6.07) is 11.8. The van der Waals surface area contributed by atoms with Gasteiger partial charge in [-0.25, -0.2) is 4.39 Å². The highest BCUT2D eigenvalue weighted by Gasteiger charge is 2.04. The molecule has 5 heteroatoms. The third-order valence-electron chi connectivity index (χ3n) is 2.85. The van der Waals surface area contributed by atoms with E-state index in [0.717, 1.165) is 5.69 Å². The van der Waals surface area contributed by atoms with Crippen molar-refractivity contribution in [2.45, 2.75) is 12.8 Å². The van der Waals surface area contributed by atoms with Crippen molar-refractivity contribution in [2.24, 2.45) is 0 Å². The largest absolute Gasteiger partial charge is 0.490 e. The predicted molar refractivity (Wildman–Crippen MR) is 77.5 cm³/mol. The zero-order valence-electron chi connectivity index (χ0n) is 11.6. The number of para-hydroxylation sites is 1. The molecule has 0 radical (unpaired) electrons. The van der Waals surface area contributed by atoms with Gasteiger partial charge in [-0.1, -0.05) is 18.2 Å². The number of halogens is 1. The van der Waals surface area contributed by atoms with Crippen LogP contribution in [0.2, 0.25) is 0 Å². The van der Waals surface area contributed by atoms with Crippen LogP contribution in [0.25, 0.3) is 0 Å². The summed E-state index contributed by atoms with van der Waals surface area (Å²) in [5.41, 5.74) is 0.931. The molecule has 21 heavy (non-hydrogen) atoms. The van der Waals surface area contributed by atoms with Crippen LogP contribution in [0, 0.1) is 5.82 Å². The smallest absolute Gasteiger partial charge is 0.223 e. The van der Waals surface area contributed by atoms with E-state index >= 15 is 0 Å². The molecule has 0 aliphatic carbocycles. The molecule has 0 saturated heterocycles. The Balaban J connectivity index is 1.63. The van der Waals surface area contributed by atoms with Gasteiger partial charge in [0, 0.05) is 24.9 Å². The number of hydrogen-bond acceptors (Lipinski definition) is 3. The number of amides is 1. The zero-order valence-corrected chi connectivity index (χ0v) is 11.6. The van der Waals surface area contributed by atoms with Crippen molar-refractivity contribution in [3.8, 4) is 5.75 Å². The molecule has 1 heterocycles. The number of pyridine rings is 1. The average molecular weight is 288 g/mol. The summed E-state index contributed by atoms with van der Waals surface area (Å²) in [5.74, 6) is -0.380. The third kappa shape index (κ3) is 5.22. The van der Waals surface area contributed by atoms with E-state index in [4.69, 9.17) is 4.74 Å². The fourth-order valence-electron chi connectivity index (χ4n) is 1.78. The summed E-state index contributed by atoms with van der Waals surface area (Å²) in [7, 11) is 0. The van der Waals surface area contributed by atoms with Gasteiger partial charge in [-0.05, 0) is 24.3 Å². The number of nitrogens with zero attached hydrogens (tertiary/aromatic N) is 1. The van der Waals surface area contributed by atoms with Crippen molar-refractivity contribution in [1.29, 1.82) is 0 Å². The first-order valence-electron chi connectivity index (χ1n) is 6.79. The third-order valence-corrected chi connectivity index (χ3v) is 2.85. The molecular formula is C16H17FN2O2. The molecule has 1 aromatic carbocycles. The molecule has 2 aromatic rings. The lowest BCUT2D eigenvalue weighted by atomic mass is 10.2. The SMILES string of the molecule is O=C(CCOc1ccccc1F)NCCc1ccccn1. The van der Waals surface area contributed by atoms with Crippen LogP contribution >= 0.6 is 0 Å². The molecule has 1 aromatic heterocycles. The number of rotatable bonds is 7. The van der Waals surface area contributed by atoms with Crippen LogP contribution in [0.1, 0.15) is 12.1 Å². The van der Waals surface area contributed by atoms with Crippen LogP contribution in [0.15, 0.2) is 48.7 Å². The number of benzene rings is 1. The van der Waals surface area contributed by atoms with Gasteiger partial charge in [-0.15, -0.1) is 0 Å². The minimum Gasteiger partial charge on any atom is -0.490 e. The second kappa shape index (κ2) is 7.99. The van der Waals surface area contributed by atoms with Gasteiger partial charge in [-0.3, -0.25) is 9.78 Å². The number of ether oxygens (including phenoxy) is 1. The van der Waals surface area contributed by atoms with E-state index in [1.807, 2.05) is 18.2 Å². The number of hydrogen-bond donors (Lipinski definition) is 1. The van der Waals surface area contributed by atoms with Crippen LogP contribution in [0.3, 0.4) is 0 Å². The molecule has 1 N–H and O–H groups in total. The fraction of sp³-hybridized carbons (Fsp3) is 0.250. The van der Waals surface area contributed by atoms with Gasteiger partial charge in [0.15, 0.2) is 11.6 Å². The van der Waals surface area contributed by atoms with Crippen molar-refractivity contribution in [3.63, 3.8) is 0 Å². The summed E-state index contributed by atoms with van der Waals surface area (Å²) in [6.45, 7) is 0.673. The highest BCUT2D eigenvalue weighted by molar-refractivity contribution is 5.75. The summed E-state index contributed by atoms with van der Waals surface area (Å²) in [5, 5.41) is 2.78. The number of carbonyl (C=O) groups is 1. The molecule has 0 saturated carbocycles. The monoisotopic (exact) mass is 288 g/mol. The molecule has 1 amide bonds. The molecule has 0 bridgehead atoms. The van der Waals surface area contributed by atoms with Crippen LogP contribution in [-0.4, -0.2) is 24.0 Å². The topological polar surface area (TPSA) is 51.2 Å². The van der Waals surface area contributed by atoms with E-state index in [9.17, 15) is 9.18 Å². The van der Waals surface area contributed by atoms with Crippen molar-refractivity contribution >= 4 is 5.91 Å². The number of carbonyl (C=O) groups excluding carboxylic acids is 1. The second-order valence-corrected chi connectivity index (χ2v) is 4.45. The second-order valence-electron chi connectivity index (χ2n) is 4.45. The Kier molecular flexibility index (Phi) is 5.70. The Morgan fingerprint density at radius 3 is 2.76 bits per heavy atom. The molecule has 4 nitrogen and oxygen atoms in total. The Labute approximate surface area is 123 Å². The minimum absolute atomic E-state index is 0.123. The summed E-state index contributed by atoms with van der Waals surface area (Å²) in [6.07, 6.45) is 2.59. The van der Waals surface area contributed by atoms with Crippen molar-refractivity contribution < 1.29 is 13.9 Å². The van der Waals surface area contributed by atoms with Gasteiger partial charge >= 0.3 is 0 Å². The van der Waals surface area contributed by atoms with E-state index in [0.29, 0.717) is 13.0 Å². The zero-order chi connectivity index (χ0) is 14.9. The fourth-order valence-corrected chi connectivity index (χ4v) is 1.78. The van der Waals surface area contributed by atoms with Gasteiger partial charge < -0.3 is 10.1 Å². The average Bonchev–Trinajstić information content (AvgIpc) is 2.50. The summed E-state index contributed by atoms with van der Waals surface area (Å²) in [4.78, 5) is 15.8. The van der Waals surface area contributed by atoms with Crippen LogP contribution in [-0.2, 0) is 11.2 Å². The molecule has 0 unspecified atom stereocenters. The summed E-state index contributed by atoms with van der Waals surface area (Å²) >= 11 is 0.